The fourth-order valence-corrected chi connectivity index (χ4v) is 1.67. The van der Waals surface area contributed by atoms with Gasteiger partial charge in [0.15, 0.2) is 0 Å². The van der Waals surface area contributed by atoms with Crippen molar-refractivity contribution in [1.29, 1.82) is 0 Å². The van der Waals surface area contributed by atoms with Crippen LogP contribution in [0.2, 0.25) is 0 Å². The molecule has 3 atom stereocenters. The molecule has 1 heterocycles. The first-order chi connectivity index (χ1) is 6.93. The third kappa shape index (κ3) is 1.78. The van der Waals surface area contributed by atoms with Crippen molar-refractivity contribution >= 4 is 0 Å². The molecule has 2 rings (SSSR count). The van der Waals surface area contributed by atoms with Crippen LogP contribution in [0.4, 0.5) is 8.78 Å². The molecular formula is C11H15F2NO. The summed E-state index contributed by atoms with van der Waals surface area (Å²) in [5, 5.41) is 0. The van der Waals surface area contributed by atoms with Gasteiger partial charge in [0.25, 0.3) is 6.43 Å². The van der Waals surface area contributed by atoms with Crippen LogP contribution >= 0.6 is 0 Å². The maximum Gasteiger partial charge on any atom is 0.263 e. The molecule has 0 aromatic carbocycles. The van der Waals surface area contributed by atoms with E-state index in [2.05, 4.69) is 6.92 Å². The highest BCUT2D eigenvalue weighted by molar-refractivity contribution is 5.21. The van der Waals surface area contributed by atoms with Crippen molar-refractivity contribution in [3.05, 3.63) is 23.7 Å². The van der Waals surface area contributed by atoms with E-state index < -0.39 is 12.0 Å². The van der Waals surface area contributed by atoms with Crippen LogP contribution in [0.25, 0.3) is 0 Å². The number of halogens is 2. The van der Waals surface area contributed by atoms with E-state index in [0.29, 0.717) is 11.8 Å². The maximum atomic E-state index is 12.6. The fourth-order valence-electron chi connectivity index (χ4n) is 1.67. The van der Waals surface area contributed by atoms with Crippen LogP contribution in [0.1, 0.15) is 37.7 Å². The van der Waals surface area contributed by atoms with Crippen molar-refractivity contribution in [2.24, 2.45) is 11.7 Å². The number of alkyl halides is 2. The average Bonchev–Trinajstić information content (AvgIpc) is 2.69. The molecule has 84 valence electrons. The predicted octanol–water partition coefficient (Wildman–Crippen LogP) is 2.84. The van der Waals surface area contributed by atoms with E-state index in [1.54, 1.807) is 12.1 Å². The Balaban J connectivity index is 2.20. The van der Waals surface area contributed by atoms with Crippen LogP contribution in [0.3, 0.4) is 0 Å². The minimum Gasteiger partial charge on any atom is -0.464 e. The standard InChI is InChI=1S/C11H15F2NO/c1-6-5-7(6)8-3-4-9(15-8)11(2,14)10(12)13/h3-4,6-7,10H,5,14H2,1-2H3. The molecule has 0 radical (unpaired) electrons. The summed E-state index contributed by atoms with van der Waals surface area (Å²) in [5.41, 5.74) is 3.82. The van der Waals surface area contributed by atoms with Gasteiger partial charge in [-0.05, 0) is 31.4 Å². The van der Waals surface area contributed by atoms with Gasteiger partial charge in [-0.2, -0.15) is 0 Å². The van der Waals surface area contributed by atoms with E-state index in [4.69, 9.17) is 10.2 Å². The van der Waals surface area contributed by atoms with Gasteiger partial charge in [-0.1, -0.05) is 6.92 Å². The Bertz CT molecular complexity index is 359. The summed E-state index contributed by atoms with van der Waals surface area (Å²) in [6, 6.07) is 3.32. The Morgan fingerprint density at radius 2 is 2.13 bits per heavy atom. The molecule has 1 aliphatic carbocycles. The zero-order valence-electron chi connectivity index (χ0n) is 8.84. The molecule has 1 saturated carbocycles. The molecule has 4 heteroatoms. The Kier molecular flexibility index (Phi) is 2.34. The molecule has 1 aliphatic rings. The van der Waals surface area contributed by atoms with Crippen LogP contribution in [-0.2, 0) is 5.54 Å². The van der Waals surface area contributed by atoms with E-state index in [1.807, 2.05) is 0 Å². The topological polar surface area (TPSA) is 39.2 Å². The summed E-state index contributed by atoms with van der Waals surface area (Å²) in [6.45, 7) is 3.40. The number of nitrogens with two attached hydrogens (primary N) is 1. The summed E-state index contributed by atoms with van der Waals surface area (Å²) in [7, 11) is 0. The minimum atomic E-state index is -2.62. The van der Waals surface area contributed by atoms with E-state index >= 15 is 0 Å². The van der Waals surface area contributed by atoms with Gasteiger partial charge >= 0.3 is 0 Å². The lowest BCUT2D eigenvalue weighted by molar-refractivity contribution is 0.0494. The summed E-state index contributed by atoms with van der Waals surface area (Å²) >= 11 is 0. The number of rotatable bonds is 3. The first-order valence-electron chi connectivity index (χ1n) is 5.10. The van der Waals surface area contributed by atoms with Gasteiger partial charge in [0, 0.05) is 5.92 Å². The second-order valence-electron chi connectivity index (χ2n) is 4.60. The molecule has 0 saturated heterocycles. The normalized spacial score (nSPS) is 29.2. The van der Waals surface area contributed by atoms with Gasteiger partial charge in [-0.25, -0.2) is 8.78 Å². The van der Waals surface area contributed by atoms with Gasteiger partial charge < -0.3 is 10.2 Å². The Morgan fingerprint density at radius 3 is 2.60 bits per heavy atom. The maximum absolute atomic E-state index is 12.6. The molecule has 15 heavy (non-hydrogen) atoms. The minimum absolute atomic E-state index is 0.173. The molecule has 1 fully saturated rings. The number of hydrogen-bond donors (Lipinski definition) is 1. The van der Waals surface area contributed by atoms with Crippen molar-refractivity contribution in [2.75, 3.05) is 0 Å². The van der Waals surface area contributed by atoms with Gasteiger partial charge in [0.2, 0.25) is 0 Å². The summed E-state index contributed by atoms with van der Waals surface area (Å²) in [5.74, 6) is 1.95. The molecule has 0 amide bonds. The van der Waals surface area contributed by atoms with Crippen molar-refractivity contribution in [3.8, 4) is 0 Å². The van der Waals surface area contributed by atoms with Crippen LogP contribution in [0.5, 0.6) is 0 Å². The smallest absolute Gasteiger partial charge is 0.263 e. The first-order valence-corrected chi connectivity index (χ1v) is 5.10. The molecular weight excluding hydrogens is 200 g/mol. The SMILES string of the molecule is CC1CC1c1ccc(C(C)(N)C(F)F)o1. The highest BCUT2D eigenvalue weighted by Crippen LogP contribution is 2.48. The Labute approximate surface area is 87.4 Å². The van der Waals surface area contributed by atoms with Crippen molar-refractivity contribution in [1.82, 2.24) is 0 Å². The quantitative estimate of drug-likeness (QED) is 0.842. The molecule has 2 N–H and O–H groups in total. The van der Waals surface area contributed by atoms with Crippen LogP contribution in [-0.4, -0.2) is 6.43 Å². The largest absolute Gasteiger partial charge is 0.464 e. The third-order valence-corrected chi connectivity index (χ3v) is 3.09. The number of hydrogen-bond acceptors (Lipinski definition) is 2. The van der Waals surface area contributed by atoms with Crippen LogP contribution in [0.15, 0.2) is 16.5 Å². The highest BCUT2D eigenvalue weighted by Gasteiger charge is 2.40. The van der Waals surface area contributed by atoms with E-state index in [-0.39, 0.29) is 5.76 Å². The predicted molar refractivity (Wildman–Crippen MR) is 52.8 cm³/mol. The van der Waals surface area contributed by atoms with Gasteiger partial charge in [-0.3, -0.25) is 0 Å². The lowest BCUT2D eigenvalue weighted by Crippen LogP contribution is -2.40. The molecule has 2 nitrogen and oxygen atoms in total. The van der Waals surface area contributed by atoms with Crippen LogP contribution in [0, 0.1) is 5.92 Å². The molecule has 0 bridgehead atoms. The lowest BCUT2D eigenvalue weighted by Gasteiger charge is -2.20. The second kappa shape index (κ2) is 3.30. The molecule has 0 spiro atoms. The zero-order chi connectivity index (χ0) is 11.2. The van der Waals surface area contributed by atoms with Gasteiger partial charge in [0.05, 0.1) is 0 Å². The monoisotopic (exact) mass is 215 g/mol. The Hall–Kier alpha value is -0.900. The average molecular weight is 215 g/mol. The van der Waals surface area contributed by atoms with Gasteiger partial charge in [-0.15, -0.1) is 0 Å². The van der Waals surface area contributed by atoms with Gasteiger partial charge in [0.1, 0.15) is 17.1 Å². The molecule has 1 aromatic heterocycles. The summed E-state index contributed by atoms with van der Waals surface area (Å²) < 4.78 is 30.6. The number of furan rings is 1. The molecule has 0 aliphatic heterocycles. The van der Waals surface area contributed by atoms with E-state index in [9.17, 15) is 8.78 Å². The highest BCUT2D eigenvalue weighted by atomic mass is 19.3. The van der Waals surface area contributed by atoms with Crippen molar-refractivity contribution < 1.29 is 13.2 Å². The van der Waals surface area contributed by atoms with E-state index in [0.717, 1.165) is 12.2 Å². The summed E-state index contributed by atoms with van der Waals surface area (Å²) in [6.07, 6.45) is -1.55. The summed E-state index contributed by atoms with van der Waals surface area (Å²) in [4.78, 5) is 0. The van der Waals surface area contributed by atoms with Crippen LogP contribution < -0.4 is 5.73 Å². The Morgan fingerprint density at radius 1 is 1.53 bits per heavy atom. The zero-order valence-corrected chi connectivity index (χ0v) is 8.84. The third-order valence-electron chi connectivity index (χ3n) is 3.09. The van der Waals surface area contributed by atoms with E-state index in [1.165, 1.54) is 6.92 Å². The fraction of sp³-hybridized carbons (Fsp3) is 0.636. The molecule has 1 aromatic rings. The molecule has 3 unspecified atom stereocenters. The second-order valence-corrected chi connectivity index (χ2v) is 4.60. The first kappa shape index (κ1) is 10.6. The lowest BCUT2D eigenvalue weighted by atomic mass is 10.0. The van der Waals surface area contributed by atoms with Crippen molar-refractivity contribution in [3.63, 3.8) is 0 Å². The van der Waals surface area contributed by atoms with Crippen molar-refractivity contribution in [2.45, 2.75) is 38.2 Å².